The molecule has 5 heteroatoms. The van der Waals surface area contributed by atoms with E-state index in [9.17, 15) is 13.2 Å². The first kappa shape index (κ1) is 16.1. The lowest BCUT2D eigenvalue weighted by Gasteiger charge is -2.37. The molecule has 1 aliphatic carbocycles. The van der Waals surface area contributed by atoms with Gasteiger partial charge in [-0.2, -0.15) is 13.2 Å². The molecule has 0 unspecified atom stereocenters. The Labute approximate surface area is 119 Å². The monoisotopic (exact) mass is 294 g/mol. The first-order valence-electron chi connectivity index (χ1n) is 7.74. The quantitative estimate of drug-likeness (QED) is 0.758. The van der Waals surface area contributed by atoms with Crippen LogP contribution in [-0.2, 0) is 9.47 Å². The predicted octanol–water partition coefficient (Wildman–Crippen LogP) is 4.53. The minimum Gasteiger partial charge on any atom is -0.352 e. The van der Waals surface area contributed by atoms with Gasteiger partial charge in [-0.25, -0.2) is 0 Å². The van der Waals surface area contributed by atoms with Gasteiger partial charge in [-0.15, -0.1) is 0 Å². The molecule has 1 saturated heterocycles. The van der Waals surface area contributed by atoms with Gasteiger partial charge in [0.2, 0.25) is 0 Å². The lowest BCUT2D eigenvalue weighted by molar-refractivity contribution is -0.230. The third kappa shape index (κ3) is 5.24. The van der Waals surface area contributed by atoms with E-state index in [2.05, 4.69) is 6.92 Å². The fourth-order valence-corrected chi connectivity index (χ4v) is 3.15. The van der Waals surface area contributed by atoms with Crippen LogP contribution in [0.5, 0.6) is 0 Å². The van der Waals surface area contributed by atoms with Crippen molar-refractivity contribution in [3.05, 3.63) is 0 Å². The molecule has 1 saturated carbocycles. The third-order valence-corrected chi connectivity index (χ3v) is 4.51. The third-order valence-electron chi connectivity index (χ3n) is 4.51. The maximum atomic E-state index is 12.1. The summed E-state index contributed by atoms with van der Waals surface area (Å²) in [4.78, 5) is 0. The smallest absolute Gasteiger partial charge is 0.352 e. The number of rotatable bonds is 4. The predicted molar refractivity (Wildman–Crippen MR) is 70.2 cm³/mol. The molecule has 0 aromatic rings. The van der Waals surface area contributed by atoms with Gasteiger partial charge >= 0.3 is 6.18 Å². The molecule has 0 atom stereocenters. The average molecular weight is 294 g/mol. The lowest BCUT2D eigenvalue weighted by atomic mass is 9.82. The topological polar surface area (TPSA) is 18.5 Å². The van der Waals surface area contributed by atoms with E-state index in [1.807, 2.05) is 0 Å². The number of ether oxygens (including phenoxy) is 2. The minimum absolute atomic E-state index is 0.121. The van der Waals surface area contributed by atoms with Crippen molar-refractivity contribution in [2.24, 2.45) is 17.8 Å². The number of halogens is 3. The van der Waals surface area contributed by atoms with Crippen molar-refractivity contribution >= 4 is 0 Å². The second kappa shape index (κ2) is 7.12. The van der Waals surface area contributed by atoms with E-state index in [-0.39, 0.29) is 18.6 Å². The molecule has 0 spiro atoms. The molecular weight excluding hydrogens is 269 g/mol. The molecule has 2 aliphatic rings. The molecule has 2 nitrogen and oxygen atoms in total. The average Bonchev–Trinajstić information content (AvgIpc) is 2.39. The molecule has 0 aromatic carbocycles. The molecule has 0 bridgehead atoms. The van der Waals surface area contributed by atoms with Crippen molar-refractivity contribution in [3.63, 3.8) is 0 Å². The lowest BCUT2D eigenvalue weighted by Crippen LogP contribution is -2.38. The van der Waals surface area contributed by atoms with E-state index < -0.39 is 12.6 Å². The minimum atomic E-state index is -4.04. The van der Waals surface area contributed by atoms with Gasteiger partial charge in [-0.1, -0.05) is 19.8 Å². The Morgan fingerprint density at radius 2 is 1.60 bits per heavy atom. The highest BCUT2D eigenvalue weighted by Gasteiger charge is 2.32. The van der Waals surface area contributed by atoms with E-state index in [4.69, 9.17) is 9.47 Å². The normalized spacial score (nSPS) is 36.0. The summed E-state index contributed by atoms with van der Waals surface area (Å²) in [5.74, 6) is 1.39. The van der Waals surface area contributed by atoms with Gasteiger partial charge in [-0.05, 0) is 31.6 Å². The summed E-state index contributed by atoms with van der Waals surface area (Å²) in [6, 6.07) is 0. The van der Waals surface area contributed by atoms with Gasteiger partial charge in [0, 0.05) is 18.3 Å². The Kier molecular flexibility index (Phi) is 5.73. The van der Waals surface area contributed by atoms with Crippen LogP contribution in [0.2, 0.25) is 0 Å². The Balaban J connectivity index is 1.62. The second-order valence-corrected chi connectivity index (χ2v) is 6.43. The fourth-order valence-electron chi connectivity index (χ4n) is 3.15. The van der Waals surface area contributed by atoms with Crippen molar-refractivity contribution in [2.75, 3.05) is 13.2 Å². The summed E-state index contributed by atoms with van der Waals surface area (Å²) < 4.78 is 47.7. The largest absolute Gasteiger partial charge is 0.389 e. The molecule has 1 heterocycles. The molecule has 2 fully saturated rings. The Morgan fingerprint density at radius 3 is 2.15 bits per heavy atom. The van der Waals surface area contributed by atoms with Gasteiger partial charge in [0.15, 0.2) is 6.29 Å². The Bertz CT molecular complexity index is 277. The summed E-state index contributed by atoms with van der Waals surface area (Å²) >= 11 is 0. The molecule has 0 N–H and O–H groups in total. The first-order valence-corrected chi connectivity index (χ1v) is 7.74. The highest BCUT2D eigenvalue weighted by Crippen LogP contribution is 2.34. The van der Waals surface area contributed by atoms with Gasteiger partial charge < -0.3 is 9.47 Å². The summed E-state index contributed by atoms with van der Waals surface area (Å²) in [6.45, 7) is 3.37. The van der Waals surface area contributed by atoms with Crippen LogP contribution in [0, 0.1) is 17.8 Å². The molecule has 0 radical (unpaired) electrons. The molecule has 0 aromatic heterocycles. The van der Waals surface area contributed by atoms with Crippen LogP contribution in [-0.4, -0.2) is 25.7 Å². The van der Waals surface area contributed by atoms with Gasteiger partial charge in [0.05, 0.1) is 13.2 Å². The summed E-state index contributed by atoms with van der Waals surface area (Å²) in [5.41, 5.74) is 0. The number of alkyl halides is 3. The zero-order valence-electron chi connectivity index (χ0n) is 12.1. The van der Waals surface area contributed by atoms with Gasteiger partial charge in [0.1, 0.15) is 0 Å². The molecule has 118 valence electrons. The first-order chi connectivity index (χ1) is 9.44. The van der Waals surface area contributed by atoms with Crippen molar-refractivity contribution < 1.29 is 22.6 Å². The van der Waals surface area contributed by atoms with E-state index in [1.54, 1.807) is 0 Å². The van der Waals surface area contributed by atoms with Crippen LogP contribution in [0.25, 0.3) is 0 Å². The summed E-state index contributed by atoms with van der Waals surface area (Å²) in [6.07, 6.45) is 0.577. The second-order valence-electron chi connectivity index (χ2n) is 6.43. The zero-order valence-corrected chi connectivity index (χ0v) is 12.1. The standard InChI is InChI=1S/C15H25F3O2/c1-11-4-6-13(7-5-11)14-19-9-12(10-20-14)3-2-8-15(16,17)18/h11-14H,2-10H2,1H3. The van der Waals surface area contributed by atoms with Crippen LogP contribution in [0.15, 0.2) is 0 Å². The maximum absolute atomic E-state index is 12.1. The Hall–Kier alpha value is -0.290. The SMILES string of the molecule is CC1CCC(C2OCC(CCCC(F)(F)F)CO2)CC1. The van der Waals surface area contributed by atoms with Crippen molar-refractivity contribution in [2.45, 2.75) is 64.3 Å². The van der Waals surface area contributed by atoms with E-state index in [0.29, 0.717) is 25.6 Å². The maximum Gasteiger partial charge on any atom is 0.389 e. The zero-order chi connectivity index (χ0) is 14.6. The van der Waals surface area contributed by atoms with Gasteiger partial charge in [-0.3, -0.25) is 0 Å². The van der Waals surface area contributed by atoms with E-state index in [1.165, 1.54) is 12.8 Å². The fraction of sp³-hybridized carbons (Fsp3) is 1.00. The van der Waals surface area contributed by atoms with Crippen LogP contribution in [0.3, 0.4) is 0 Å². The van der Waals surface area contributed by atoms with Crippen molar-refractivity contribution in [3.8, 4) is 0 Å². The molecule has 20 heavy (non-hydrogen) atoms. The highest BCUT2D eigenvalue weighted by molar-refractivity contribution is 4.75. The number of hydrogen-bond donors (Lipinski definition) is 0. The van der Waals surface area contributed by atoms with E-state index in [0.717, 1.165) is 18.8 Å². The van der Waals surface area contributed by atoms with Crippen LogP contribution in [0.4, 0.5) is 13.2 Å². The van der Waals surface area contributed by atoms with Crippen LogP contribution in [0.1, 0.15) is 51.9 Å². The van der Waals surface area contributed by atoms with Crippen LogP contribution >= 0.6 is 0 Å². The van der Waals surface area contributed by atoms with Crippen molar-refractivity contribution in [1.29, 1.82) is 0 Å². The molecule has 1 aliphatic heterocycles. The van der Waals surface area contributed by atoms with Gasteiger partial charge in [0.25, 0.3) is 0 Å². The van der Waals surface area contributed by atoms with Crippen LogP contribution < -0.4 is 0 Å². The summed E-state index contributed by atoms with van der Waals surface area (Å²) in [5, 5.41) is 0. The summed E-state index contributed by atoms with van der Waals surface area (Å²) in [7, 11) is 0. The molecular formula is C15H25F3O2. The highest BCUT2D eigenvalue weighted by atomic mass is 19.4. The Morgan fingerprint density at radius 1 is 1.00 bits per heavy atom. The molecule has 2 rings (SSSR count). The van der Waals surface area contributed by atoms with E-state index >= 15 is 0 Å². The molecule has 0 amide bonds. The number of hydrogen-bond acceptors (Lipinski definition) is 2. The van der Waals surface area contributed by atoms with Crippen molar-refractivity contribution in [1.82, 2.24) is 0 Å².